The molecule has 13 heteroatoms. The van der Waals surface area contributed by atoms with Crippen molar-refractivity contribution in [2.75, 3.05) is 67.4 Å². The number of carbonyl (C=O) groups excluding carboxylic acids is 4. The van der Waals surface area contributed by atoms with E-state index in [-0.39, 0.29) is 47.0 Å². The van der Waals surface area contributed by atoms with Crippen LogP contribution >= 0.6 is 0 Å². The number of nitrogens with zero attached hydrogens (tertiary/aromatic N) is 5. The highest BCUT2D eigenvalue weighted by Gasteiger charge is 2.54. The zero-order chi connectivity index (χ0) is 40.7. The van der Waals surface area contributed by atoms with Crippen LogP contribution in [0.4, 0.5) is 28.6 Å². The van der Waals surface area contributed by atoms with E-state index in [0.717, 1.165) is 87.2 Å². The van der Waals surface area contributed by atoms with Gasteiger partial charge in [0.15, 0.2) is 0 Å². The Balaban J connectivity index is 0.793. The standard InChI is InChI=1S/C45H58N8O5/c1-28(2)53-27-45(16-17-45)44(57)51(4)38-26-46-40(25-37(38)53)48-36-11-9-31(22-39(36)58-5)42(55)47-32-23-34(24-32)50(3)18-13-29-14-19-52(20-15-29)33-8-6-7-30(21-33)35-10-12-41(54)49-43(35)56/h6-9,11,21-22,25-26,28-29,32,34-35H,10,12-20,23-24,27H2,1-5H3,(H,46,48)(H,47,55)(H,49,54,56). The van der Waals surface area contributed by atoms with Gasteiger partial charge in [0.05, 0.1) is 41.7 Å². The molecule has 4 heterocycles. The Hall–Kier alpha value is -5.17. The fraction of sp³-hybridized carbons (Fsp3) is 0.533. The first-order valence-electron chi connectivity index (χ1n) is 21.1. The van der Waals surface area contributed by atoms with Gasteiger partial charge in [0.1, 0.15) is 11.6 Å². The summed E-state index contributed by atoms with van der Waals surface area (Å²) in [7, 11) is 5.65. The number of pyridine rings is 1. The number of anilines is 5. The highest BCUT2D eigenvalue weighted by Crippen LogP contribution is 2.52. The number of hydrogen-bond donors (Lipinski definition) is 3. The van der Waals surface area contributed by atoms with Crippen molar-refractivity contribution in [1.29, 1.82) is 0 Å². The Morgan fingerprint density at radius 3 is 2.52 bits per heavy atom. The Morgan fingerprint density at radius 1 is 1.03 bits per heavy atom. The van der Waals surface area contributed by atoms with Gasteiger partial charge in [-0.05, 0) is 121 Å². The second kappa shape index (κ2) is 16.2. The van der Waals surface area contributed by atoms with Gasteiger partial charge in [0, 0.05) is 68.5 Å². The Labute approximate surface area is 341 Å². The largest absolute Gasteiger partial charge is 0.495 e. The highest BCUT2D eigenvalue weighted by molar-refractivity contribution is 6.04. The predicted molar refractivity (Wildman–Crippen MR) is 226 cm³/mol. The third-order valence-corrected chi connectivity index (χ3v) is 13.4. The molecule has 1 spiro atoms. The number of imide groups is 1. The highest BCUT2D eigenvalue weighted by atomic mass is 16.5. The topological polar surface area (TPSA) is 139 Å². The number of piperidine rings is 2. The van der Waals surface area contributed by atoms with E-state index < -0.39 is 0 Å². The van der Waals surface area contributed by atoms with Gasteiger partial charge < -0.3 is 35.0 Å². The molecule has 3 aliphatic heterocycles. The van der Waals surface area contributed by atoms with Gasteiger partial charge in [-0.25, -0.2) is 4.98 Å². The minimum atomic E-state index is -0.305. The first-order valence-corrected chi connectivity index (χ1v) is 21.1. The summed E-state index contributed by atoms with van der Waals surface area (Å²) in [6.45, 7) is 8.04. The Morgan fingerprint density at radius 2 is 1.81 bits per heavy atom. The number of aromatic nitrogens is 1. The van der Waals surface area contributed by atoms with Crippen molar-refractivity contribution >= 4 is 52.2 Å². The van der Waals surface area contributed by atoms with Crippen molar-refractivity contribution in [2.45, 2.75) is 95.7 Å². The monoisotopic (exact) mass is 790 g/mol. The second-order valence-corrected chi connectivity index (χ2v) is 17.6. The van der Waals surface area contributed by atoms with Gasteiger partial charge in [0.2, 0.25) is 17.7 Å². The molecular weight excluding hydrogens is 733 g/mol. The predicted octanol–water partition coefficient (Wildman–Crippen LogP) is 5.82. The van der Waals surface area contributed by atoms with Crippen molar-refractivity contribution in [1.82, 2.24) is 20.5 Å². The van der Waals surface area contributed by atoms with Crippen LogP contribution in [0.2, 0.25) is 0 Å². The van der Waals surface area contributed by atoms with Gasteiger partial charge in [0.25, 0.3) is 5.91 Å². The molecule has 0 bridgehead atoms. The van der Waals surface area contributed by atoms with E-state index in [4.69, 9.17) is 4.74 Å². The number of hydrogen-bond acceptors (Lipinski definition) is 10. The van der Waals surface area contributed by atoms with Crippen molar-refractivity contribution in [3.63, 3.8) is 0 Å². The molecule has 2 saturated heterocycles. The van der Waals surface area contributed by atoms with Gasteiger partial charge in [-0.15, -0.1) is 0 Å². The average molecular weight is 791 g/mol. The lowest BCUT2D eigenvalue weighted by Crippen LogP contribution is -2.53. The molecule has 2 aliphatic carbocycles. The van der Waals surface area contributed by atoms with Crippen LogP contribution in [0.15, 0.2) is 54.7 Å². The lowest BCUT2D eigenvalue weighted by molar-refractivity contribution is -0.134. The Bertz CT molecular complexity index is 2050. The first kappa shape index (κ1) is 39.6. The molecule has 4 fully saturated rings. The zero-order valence-electron chi connectivity index (χ0n) is 34.6. The lowest BCUT2D eigenvalue weighted by Gasteiger charge is -2.42. The van der Waals surface area contributed by atoms with Crippen molar-refractivity contribution in [2.24, 2.45) is 11.3 Å². The molecule has 1 unspecified atom stereocenters. The van der Waals surface area contributed by atoms with E-state index in [1.807, 2.05) is 37.4 Å². The van der Waals surface area contributed by atoms with Gasteiger partial charge in [-0.2, -0.15) is 0 Å². The van der Waals surface area contributed by atoms with Crippen LogP contribution in [-0.2, 0) is 14.4 Å². The number of nitrogens with one attached hydrogen (secondary N) is 3. The van der Waals surface area contributed by atoms with E-state index >= 15 is 0 Å². The molecule has 308 valence electrons. The molecule has 2 aromatic carbocycles. The van der Waals surface area contributed by atoms with Crippen LogP contribution in [0.5, 0.6) is 5.75 Å². The number of carbonyl (C=O) groups is 4. The minimum Gasteiger partial charge on any atom is -0.495 e. The summed E-state index contributed by atoms with van der Waals surface area (Å²) in [6.07, 6.45) is 9.85. The van der Waals surface area contributed by atoms with Crippen LogP contribution < -0.4 is 35.4 Å². The molecule has 3 aromatic rings. The minimum absolute atomic E-state index is 0.109. The van der Waals surface area contributed by atoms with Crippen molar-refractivity contribution in [3.8, 4) is 5.75 Å². The summed E-state index contributed by atoms with van der Waals surface area (Å²) in [5.41, 5.74) is 4.87. The molecule has 1 aromatic heterocycles. The molecule has 13 nitrogen and oxygen atoms in total. The average Bonchev–Trinajstić information content (AvgIpc) is 4.01. The molecule has 0 radical (unpaired) electrons. The number of fused-ring (bicyclic) bond motifs is 1. The first-order chi connectivity index (χ1) is 27.9. The van der Waals surface area contributed by atoms with E-state index in [1.54, 1.807) is 24.3 Å². The maximum atomic E-state index is 13.4. The van der Waals surface area contributed by atoms with Gasteiger partial charge >= 0.3 is 0 Å². The fourth-order valence-corrected chi connectivity index (χ4v) is 9.33. The van der Waals surface area contributed by atoms with Gasteiger partial charge in [-0.3, -0.25) is 24.5 Å². The molecule has 5 aliphatic rings. The van der Waals surface area contributed by atoms with Crippen molar-refractivity contribution in [3.05, 3.63) is 65.9 Å². The Kier molecular flexibility index (Phi) is 11.1. The molecule has 8 rings (SSSR count). The van der Waals surface area contributed by atoms with E-state index in [9.17, 15) is 19.2 Å². The summed E-state index contributed by atoms with van der Waals surface area (Å²) in [5.74, 6) is 1.28. The van der Waals surface area contributed by atoms with Gasteiger partial charge in [-0.1, -0.05) is 12.1 Å². The smallest absolute Gasteiger partial charge is 0.251 e. The second-order valence-electron chi connectivity index (χ2n) is 17.6. The third-order valence-electron chi connectivity index (χ3n) is 13.4. The van der Waals surface area contributed by atoms with Crippen LogP contribution in [0.3, 0.4) is 0 Å². The lowest BCUT2D eigenvalue weighted by atomic mass is 9.84. The molecule has 4 amide bonds. The van der Waals surface area contributed by atoms with Crippen LogP contribution in [-0.4, -0.2) is 99.0 Å². The van der Waals surface area contributed by atoms with Crippen LogP contribution in [0.25, 0.3) is 0 Å². The van der Waals surface area contributed by atoms with Crippen LogP contribution in [0.1, 0.15) is 93.5 Å². The molecule has 2 saturated carbocycles. The van der Waals surface area contributed by atoms with E-state index in [0.29, 0.717) is 54.2 Å². The third kappa shape index (κ3) is 8.10. The van der Waals surface area contributed by atoms with Crippen molar-refractivity contribution < 1.29 is 23.9 Å². The number of ether oxygens (including phenoxy) is 1. The molecular formula is C45H58N8O5. The number of methoxy groups -OCH3 is 1. The summed E-state index contributed by atoms with van der Waals surface area (Å²) in [6, 6.07) is 16.5. The maximum Gasteiger partial charge on any atom is 0.251 e. The fourth-order valence-electron chi connectivity index (χ4n) is 9.33. The summed E-state index contributed by atoms with van der Waals surface area (Å²) >= 11 is 0. The number of amides is 4. The summed E-state index contributed by atoms with van der Waals surface area (Å²) in [5, 5.41) is 9.12. The molecule has 1 atom stereocenters. The normalized spacial score (nSPS) is 23.1. The molecule has 58 heavy (non-hydrogen) atoms. The SMILES string of the molecule is COc1cc(C(=O)NC2CC(N(C)CCC3CCN(c4cccc(C5CCC(=O)NC5=O)c4)CC3)C2)ccc1Nc1cc2c(cn1)N(C)C(=O)C1(CC1)CN2C(C)C. The van der Waals surface area contributed by atoms with Crippen LogP contribution in [0, 0.1) is 11.3 Å². The molecule has 3 N–H and O–H groups in total. The van der Waals surface area contributed by atoms with E-state index in [2.05, 4.69) is 68.7 Å². The van der Waals surface area contributed by atoms with E-state index in [1.165, 1.54) is 0 Å². The summed E-state index contributed by atoms with van der Waals surface area (Å²) in [4.78, 5) is 64.4. The summed E-state index contributed by atoms with van der Waals surface area (Å²) < 4.78 is 5.73. The number of benzene rings is 2. The number of rotatable bonds is 12. The zero-order valence-corrected chi connectivity index (χ0v) is 34.6. The maximum absolute atomic E-state index is 13.4. The quantitative estimate of drug-likeness (QED) is 0.192.